The van der Waals surface area contributed by atoms with E-state index in [1.54, 1.807) is 4.68 Å². The maximum absolute atomic E-state index is 10.7. The molecule has 1 aromatic rings. The minimum Gasteiger partial charge on any atom is -0.548 e. The molecular weight excluding hydrogens is 211 g/mol. The fourth-order valence-corrected chi connectivity index (χ4v) is 3.20. The van der Waals surface area contributed by atoms with Gasteiger partial charge in [-0.3, -0.25) is 4.68 Å². The average Bonchev–Trinajstić information content (AvgIpc) is 3.08. The van der Waals surface area contributed by atoms with Gasteiger partial charge in [0.15, 0.2) is 0 Å². The van der Waals surface area contributed by atoms with Gasteiger partial charge in [0.25, 0.3) is 0 Å². The average molecular weight is 224 g/mol. The molecular formula is C12H13LiN2O2. The molecule has 2 saturated carbocycles. The molecule has 0 radical (unpaired) electrons. The molecule has 2 atom stereocenters. The van der Waals surface area contributed by atoms with E-state index in [9.17, 15) is 9.90 Å². The van der Waals surface area contributed by atoms with E-state index in [0.29, 0.717) is 11.8 Å². The van der Waals surface area contributed by atoms with Gasteiger partial charge >= 0.3 is 18.9 Å². The van der Waals surface area contributed by atoms with E-state index in [1.165, 1.54) is 36.2 Å². The van der Waals surface area contributed by atoms with Gasteiger partial charge in [-0.1, -0.05) is 0 Å². The molecule has 84 valence electrons. The van der Waals surface area contributed by atoms with Gasteiger partial charge in [0.05, 0.1) is 18.2 Å². The van der Waals surface area contributed by atoms with E-state index < -0.39 is 5.97 Å². The second kappa shape index (κ2) is 3.63. The van der Waals surface area contributed by atoms with Gasteiger partial charge in [0.1, 0.15) is 0 Å². The van der Waals surface area contributed by atoms with E-state index >= 15 is 0 Å². The van der Waals surface area contributed by atoms with Gasteiger partial charge in [0, 0.05) is 17.2 Å². The first-order valence-corrected chi connectivity index (χ1v) is 6.03. The van der Waals surface area contributed by atoms with Gasteiger partial charge in [-0.15, -0.1) is 0 Å². The molecule has 0 amide bonds. The first-order chi connectivity index (χ1) is 7.74. The Balaban J connectivity index is 0.000000902. The Labute approximate surface area is 112 Å². The van der Waals surface area contributed by atoms with Gasteiger partial charge < -0.3 is 9.90 Å². The molecule has 4 rings (SSSR count). The van der Waals surface area contributed by atoms with Crippen molar-refractivity contribution in [2.75, 3.05) is 0 Å². The molecule has 3 aliphatic rings. The molecule has 0 bridgehead atoms. The summed E-state index contributed by atoms with van der Waals surface area (Å²) >= 11 is 0. The van der Waals surface area contributed by atoms with E-state index in [0.717, 1.165) is 12.3 Å². The van der Waals surface area contributed by atoms with Crippen molar-refractivity contribution in [2.24, 2.45) is 5.92 Å². The molecule has 0 saturated heterocycles. The summed E-state index contributed by atoms with van der Waals surface area (Å²) < 4.78 is 1.70. The summed E-state index contributed by atoms with van der Waals surface area (Å²) in [5.74, 6) is 1.08. The number of carbonyl (C=O) groups excluding carboxylic acids is 1. The van der Waals surface area contributed by atoms with Crippen molar-refractivity contribution < 1.29 is 28.8 Å². The van der Waals surface area contributed by atoms with Crippen molar-refractivity contribution in [3.63, 3.8) is 0 Å². The topological polar surface area (TPSA) is 57.9 Å². The molecule has 0 aromatic carbocycles. The van der Waals surface area contributed by atoms with Crippen molar-refractivity contribution in [3.05, 3.63) is 17.0 Å². The Morgan fingerprint density at radius 2 is 2.24 bits per heavy atom. The third kappa shape index (κ3) is 1.66. The van der Waals surface area contributed by atoms with Crippen LogP contribution in [0.25, 0.3) is 0 Å². The smallest absolute Gasteiger partial charge is 0.548 e. The van der Waals surface area contributed by atoms with Crippen LogP contribution in [0.3, 0.4) is 0 Å². The van der Waals surface area contributed by atoms with Crippen LogP contribution >= 0.6 is 0 Å². The molecule has 3 aliphatic carbocycles. The maximum Gasteiger partial charge on any atom is 1.00 e. The van der Waals surface area contributed by atoms with Crippen molar-refractivity contribution >= 4 is 5.97 Å². The third-order valence-corrected chi connectivity index (χ3v) is 4.10. The van der Waals surface area contributed by atoms with E-state index in [1.807, 2.05) is 0 Å². The van der Waals surface area contributed by atoms with Crippen LogP contribution in [-0.4, -0.2) is 15.7 Å². The van der Waals surface area contributed by atoms with Crippen LogP contribution in [0.5, 0.6) is 0 Å². The summed E-state index contributed by atoms with van der Waals surface area (Å²) in [5, 5.41) is 15.2. The summed E-state index contributed by atoms with van der Waals surface area (Å²) in [6, 6.07) is 0. The molecule has 0 aliphatic heterocycles. The fraction of sp³-hybridized carbons (Fsp3) is 0.667. The summed E-state index contributed by atoms with van der Waals surface area (Å²) in [7, 11) is 0. The Bertz CT molecular complexity index is 493. The molecule has 5 heteroatoms. The van der Waals surface area contributed by atoms with Crippen LogP contribution in [0.1, 0.15) is 48.0 Å². The predicted octanol–water partition coefficient (Wildman–Crippen LogP) is -2.83. The fourth-order valence-electron chi connectivity index (χ4n) is 3.20. The largest absolute Gasteiger partial charge is 1.00 e. The number of nitrogens with zero attached hydrogens (tertiary/aromatic N) is 2. The van der Waals surface area contributed by atoms with Crippen molar-refractivity contribution in [3.8, 4) is 0 Å². The quantitative estimate of drug-likeness (QED) is 0.520. The Hall–Kier alpha value is -0.723. The predicted molar refractivity (Wildman–Crippen MR) is 53.8 cm³/mol. The molecule has 17 heavy (non-hydrogen) atoms. The van der Waals surface area contributed by atoms with Crippen LogP contribution in [-0.2, 0) is 17.8 Å². The monoisotopic (exact) mass is 224 g/mol. The molecule has 0 spiro atoms. The van der Waals surface area contributed by atoms with Crippen molar-refractivity contribution in [1.29, 1.82) is 0 Å². The van der Waals surface area contributed by atoms with Crippen LogP contribution in [0.2, 0.25) is 0 Å². The standard InChI is InChI=1S/C12H14N2O2.Li/c15-10(16)5-14-12(6-1-2-6)11-8-3-7(8)4-9(11)13-14;/h6-8H,1-5H2,(H,15,16);/q;+1/p-1/t7-,8-;/m0./s1. The molecule has 1 aromatic heterocycles. The number of aromatic nitrogens is 2. The Kier molecular flexibility index (Phi) is 2.43. The number of fused-ring (bicyclic) bond motifs is 3. The second-order valence-electron chi connectivity index (χ2n) is 5.36. The number of hydrogen-bond donors (Lipinski definition) is 0. The van der Waals surface area contributed by atoms with E-state index in [-0.39, 0.29) is 25.4 Å². The second-order valence-corrected chi connectivity index (χ2v) is 5.36. The van der Waals surface area contributed by atoms with Gasteiger partial charge in [0.2, 0.25) is 0 Å². The van der Waals surface area contributed by atoms with Crippen LogP contribution < -0.4 is 24.0 Å². The van der Waals surface area contributed by atoms with Gasteiger partial charge in [-0.2, -0.15) is 5.10 Å². The Morgan fingerprint density at radius 3 is 2.88 bits per heavy atom. The molecule has 0 N–H and O–H groups in total. The van der Waals surface area contributed by atoms with Crippen LogP contribution in [0.4, 0.5) is 0 Å². The molecule has 4 nitrogen and oxygen atoms in total. The maximum atomic E-state index is 10.7. The van der Waals surface area contributed by atoms with Crippen LogP contribution in [0, 0.1) is 5.92 Å². The SMILES string of the molecule is O=C([O-])Cn1nc2c(c1C1CC1)[C@H]1C[C@H]1C2.[Li+]. The number of carboxylic acid groups (broad SMARTS) is 1. The van der Waals surface area contributed by atoms with Gasteiger partial charge in [-0.05, 0) is 37.5 Å². The number of hydrogen-bond acceptors (Lipinski definition) is 3. The van der Waals surface area contributed by atoms with Crippen molar-refractivity contribution in [2.45, 2.75) is 44.1 Å². The van der Waals surface area contributed by atoms with E-state index in [2.05, 4.69) is 5.10 Å². The van der Waals surface area contributed by atoms with E-state index in [4.69, 9.17) is 0 Å². The molecule has 0 unspecified atom stereocenters. The molecule has 1 heterocycles. The van der Waals surface area contributed by atoms with Crippen molar-refractivity contribution in [1.82, 2.24) is 9.78 Å². The summed E-state index contributed by atoms with van der Waals surface area (Å²) in [6.07, 6.45) is 4.76. The Morgan fingerprint density at radius 1 is 1.47 bits per heavy atom. The first-order valence-electron chi connectivity index (χ1n) is 6.03. The zero-order valence-corrected chi connectivity index (χ0v) is 9.98. The number of rotatable bonds is 3. The minimum atomic E-state index is -1.03. The van der Waals surface area contributed by atoms with Gasteiger partial charge in [-0.25, -0.2) is 0 Å². The normalized spacial score (nSPS) is 28.2. The third-order valence-electron chi connectivity index (χ3n) is 4.10. The number of carbonyl (C=O) groups is 1. The first kappa shape index (κ1) is 11.4. The summed E-state index contributed by atoms with van der Waals surface area (Å²) in [6.45, 7) is -0.0732. The zero-order chi connectivity index (χ0) is 10.9. The summed E-state index contributed by atoms with van der Waals surface area (Å²) in [5.41, 5.74) is 3.81. The number of carboxylic acids is 1. The minimum absolute atomic E-state index is 0. The molecule has 2 fully saturated rings. The zero-order valence-electron chi connectivity index (χ0n) is 9.98. The number of aliphatic carboxylic acids is 1. The van der Waals surface area contributed by atoms with Crippen LogP contribution in [0.15, 0.2) is 0 Å². The summed E-state index contributed by atoms with van der Waals surface area (Å²) in [4.78, 5) is 10.7.